The van der Waals surface area contributed by atoms with Crippen molar-refractivity contribution in [2.45, 2.75) is 44.7 Å². The highest BCUT2D eigenvalue weighted by atomic mass is 16.5. The van der Waals surface area contributed by atoms with Crippen LogP contribution >= 0.6 is 0 Å². The largest absolute Gasteiger partial charge is 0.497 e. The van der Waals surface area contributed by atoms with Gasteiger partial charge < -0.3 is 9.84 Å². The topological polar surface area (TPSA) is 32.7 Å². The molecule has 2 aromatic carbocycles. The van der Waals surface area contributed by atoms with E-state index in [0.717, 1.165) is 13.1 Å². The predicted octanol–water partition coefficient (Wildman–Crippen LogP) is 3.74. The molecule has 3 rings (SSSR count). The average Bonchev–Trinajstić information content (AvgIpc) is 2.56. The first-order valence-electron chi connectivity index (χ1n) is 8.44. The van der Waals surface area contributed by atoms with Crippen molar-refractivity contribution in [1.29, 1.82) is 0 Å². The van der Waals surface area contributed by atoms with Crippen LogP contribution in [0.1, 0.15) is 25.0 Å². The van der Waals surface area contributed by atoms with Gasteiger partial charge in [-0.1, -0.05) is 60.7 Å². The summed E-state index contributed by atoms with van der Waals surface area (Å²) in [7, 11) is 0. The van der Waals surface area contributed by atoms with Crippen LogP contribution in [-0.4, -0.2) is 27.8 Å². The smallest absolute Gasteiger partial charge is 0.114 e. The molecular formula is C21H25NO2. The van der Waals surface area contributed by atoms with Gasteiger partial charge in [0.15, 0.2) is 0 Å². The first kappa shape index (κ1) is 16.7. The molecule has 0 radical (unpaired) electrons. The standard InChI is InChI=1S/C21H25NO2/c1-17-20(21(2,23)13-14-24-17)22(15-18-9-5-3-6-10-18)16-19-11-7-4-8-12-19/h3-14,17,20,23H,15-16H2,1-2H3/t17?,20?,21-/m1/s1. The Kier molecular flexibility index (Phi) is 5.03. The number of rotatable bonds is 5. The van der Waals surface area contributed by atoms with Crippen LogP contribution in [0.3, 0.4) is 0 Å². The fourth-order valence-electron chi connectivity index (χ4n) is 3.50. The van der Waals surface area contributed by atoms with Gasteiger partial charge in [0.05, 0.1) is 12.3 Å². The maximum atomic E-state index is 10.9. The summed E-state index contributed by atoms with van der Waals surface area (Å²) >= 11 is 0. The Morgan fingerprint density at radius 3 is 1.92 bits per heavy atom. The van der Waals surface area contributed by atoms with E-state index in [9.17, 15) is 5.11 Å². The van der Waals surface area contributed by atoms with Gasteiger partial charge >= 0.3 is 0 Å². The molecule has 1 heterocycles. The minimum Gasteiger partial charge on any atom is -0.497 e. The molecular weight excluding hydrogens is 298 g/mol. The van der Waals surface area contributed by atoms with E-state index in [1.54, 1.807) is 12.3 Å². The maximum absolute atomic E-state index is 10.9. The van der Waals surface area contributed by atoms with Gasteiger partial charge in [0, 0.05) is 13.1 Å². The van der Waals surface area contributed by atoms with Gasteiger partial charge in [0.25, 0.3) is 0 Å². The van der Waals surface area contributed by atoms with Gasteiger partial charge in [-0.15, -0.1) is 0 Å². The van der Waals surface area contributed by atoms with Crippen molar-refractivity contribution in [3.05, 3.63) is 84.1 Å². The van der Waals surface area contributed by atoms with Crippen LogP contribution in [-0.2, 0) is 17.8 Å². The summed E-state index contributed by atoms with van der Waals surface area (Å²) in [5.74, 6) is 0. The van der Waals surface area contributed by atoms with Gasteiger partial charge in [-0.25, -0.2) is 0 Å². The van der Waals surface area contributed by atoms with E-state index in [0.29, 0.717) is 0 Å². The lowest BCUT2D eigenvalue weighted by molar-refractivity contribution is -0.0814. The zero-order valence-corrected chi connectivity index (χ0v) is 14.3. The van der Waals surface area contributed by atoms with Crippen molar-refractivity contribution in [3.63, 3.8) is 0 Å². The van der Waals surface area contributed by atoms with Crippen LogP contribution in [0.4, 0.5) is 0 Å². The molecule has 0 saturated carbocycles. The van der Waals surface area contributed by atoms with E-state index in [4.69, 9.17) is 4.74 Å². The molecule has 2 unspecified atom stereocenters. The zero-order chi connectivity index (χ0) is 17.0. The minimum absolute atomic E-state index is 0.0857. The van der Waals surface area contributed by atoms with Crippen molar-refractivity contribution in [2.24, 2.45) is 0 Å². The van der Waals surface area contributed by atoms with Gasteiger partial charge in [0.1, 0.15) is 11.7 Å². The van der Waals surface area contributed by atoms with Crippen molar-refractivity contribution < 1.29 is 9.84 Å². The molecule has 3 nitrogen and oxygen atoms in total. The van der Waals surface area contributed by atoms with E-state index in [1.165, 1.54) is 11.1 Å². The monoisotopic (exact) mass is 323 g/mol. The molecule has 0 spiro atoms. The predicted molar refractivity (Wildman–Crippen MR) is 96.2 cm³/mol. The number of hydrogen-bond donors (Lipinski definition) is 1. The first-order chi connectivity index (χ1) is 11.6. The number of hydrogen-bond acceptors (Lipinski definition) is 3. The molecule has 2 aromatic rings. The number of ether oxygens (including phenoxy) is 1. The van der Waals surface area contributed by atoms with E-state index in [1.807, 2.05) is 26.0 Å². The Bertz CT molecular complexity index is 625. The number of benzene rings is 2. The summed E-state index contributed by atoms with van der Waals surface area (Å²) in [4.78, 5) is 2.30. The second-order valence-corrected chi connectivity index (χ2v) is 6.69. The molecule has 0 saturated heterocycles. The molecule has 0 aromatic heterocycles. The number of aliphatic hydroxyl groups is 1. The fourth-order valence-corrected chi connectivity index (χ4v) is 3.50. The lowest BCUT2D eigenvalue weighted by Gasteiger charge is -2.44. The SMILES string of the molecule is CC1OC=C[C@@](C)(O)C1N(Cc1ccccc1)Cc1ccccc1. The van der Waals surface area contributed by atoms with Crippen LogP contribution in [0.25, 0.3) is 0 Å². The Hall–Kier alpha value is -2.10. The third-order valence-electron chi connectivity index (χ3n) is 4.59. The normalized spacial score (nSPS) is 26.3. The zero-order valence-electron chi connectivity index (χ0n) is 14.3. The van der Waals surface area contributed by atoms with Gasteiger partial charge in [-0.2, -0.15) is 0 Å². The molecule has 0 bridgehead atoms. The first-order valence-corrected chi connectivity index (χ1v) is 8.44. The third kappa shape index (κ3) is 3.86. The van der Waals surface area contributed by atoms with Crippen molar-refractivity contribution in [3.8, 4) is 0 Å². The van der Waals surface area contributed by atoms with Gasteiger partial charge in [-0.05, 0) is 31.1 Å². The molecule has 0 amide bonds. The average molecular weight is 323 g/mol. The second kappa shape index (κ2) is 7.20. The summed E-state index contributed by atoms with van der Waals surface area (Å²) in [5, 5.41) is 10.9. The Labute approximate surface area is 144 Å². The van der Waals surface area contributed by atoms with Gasteiger partial charge in [-0.3, -0.25) is 4.90 Å². The second-order valence-electron chi connectivity index (χ2n) is 6.69. The molecule has 126 valence electrons. The van der Waals surface area contributed by atoms with Crippen molar-refractivity contribution in [1.82, 2.24) is 4.90 Å². The van der Waals surface area contributed by atoms with E-state index in [-0.39, 0.29) is 12.1 Å². The van der Waals surface area contributed by atoms with E-state index in [2.05, 4.69) is 53.4 Å². The molecule has 3 heteroatoms. The highest BCUT2D eigenvalue weighted by Gasteiger charge is 2.41. The van der Waals surface area contributed by atoms with Crippen LogP contribution in [0.15, 0.2) is 73.0 Å². The van der Waals surface area contributed by atoms with E-state index < -0.39 is 5.60 Å². The van der Waals surface area contributed by atoms with Crippen LogP contribution < -0.4 is 0 Å². The molecule has 24 heavy (non-hydrogen) atoms. The number of nitrogens with zero attached hydrogens (tertiary/aromatic N) is 1. The summed E-state index contributed by atoms with van der Waals surface area (Å²) in [6.45, 7) is 5.40. The molecule has 1 aliphatic heterocycles. The van der Waals surface area contributed by atoms with Crippen LogP contribution in [0, 0.1) is 0 Å². The summed E-state index contributed by atoms with van der Waals surface area (Å²) in [5.41, 5.74) is 1.53. The van der Waals surface area contributed by atoms with Crippen LogP contribution in [0.5, 0.6) is 0 Å². The highest BCUT2D eigenvalue weighted by Crippen LogP contribution is 2.29. The summed E-state index contributed by atoms with van der Waals surface area (Å²) in [6, 6.07) is 20.6. The molecule has 1 aliphatic rings. The minimum atomic E-state index is -0.929. The Balaban J connectivity index is 1.90. The third-order valence-corrected chi connectivity index (χ3v) is 4.59. The molecule has 3 atom stereocenters. The molecule has 0 aliphatic carbocycles. The lowest BCUT2D eigenvalue weighted by atomic mass is 9.88. The summed E-state index contributed by atoms with van der Waals surface area (Å²) in [6.07, 6.45) is 3.28. The quantitative estimate of drug-likeness (QED) is 0.910. The van der Waals surface area contributed by atoms with Gasteiger partial charge in [0.2, 0.25) is 0 Å². The van der Waals surface area contributed by atoms with Crippen LogP contribution in [0.2, 0.25) is 0 Å². The Morgan fingerprint density at radius 2 is 1.46 bits per heavy atom. The molecule has 1 N–H and O–H groups in total. The maximum Gasteiger partial charge on any atom is 0.114 e. The van der Waals surface area contributed by atoms with Crippen molar-refractivity contribution in [2.75, 3.05) is 0 Å². The Morgan fingerprint density at radius 1 is 0.958 bits per heavy atom. The fraction of sp³-hybridized carbons (Fsp3) is 0.333. The molecule has 0 fully saturated rings. The lowest BCUT2D eigenvalue weighted by Crippen LogP contribution is -2.57. The highest BCUT2D eigenvalue weighted by molar-refractivity contribution is 5.19. The summed E-state index contributed by atoms with van der Waals surface area (Å²) < 4.78 is 5.70. The van der Waals surface area contributed by atoms with E-state index >= 15 is 0 Å². The van der Waals surface area contributed by atoms with Crippen molar-refractivity contribution >= 4 is 0 Å².